The zero-order chi connectivity index (χ0) is 19.7. The molecule has 1 aliphatic rings. The number of alkyl halides is 3. The summed E-state index contributed by atoms with van der Waals surface area (Å²) < 4.78 is 40.4. The van der Waals surface area contributed by atoms with Crippen molar-refractivity contribution in [3.8, 4) is 5.82 Å². The second kappa shape index (κ2) is 7.06. The summed E-state index contributed by atoms with van der Waals surface area (Å²) in [7, 11) is 0. The predicted octanol–water partition coefficient (Wildman–Crippen LogP) is 2.11. The van der Waals surface area contributed by atoms with Gasteiger partial charge in [-0.05, 0) is 25.1 Å². The molecule has 4 rings (SSSR count). The Morgan fingerprint density at radius 3 is 2.14 bits per heavy atom. The van der Waals surface area contributed by atoms with E-state index in [0.717, 1.165) is 18.1 Å². The molecule has 0 amide bonds. The number of hydrogen-bond donors (Lipinski definition) is 0. The van der Waals surface area contributed by atoms with Crippen LogP contribution in [0.4, 0.5) is 24.9 Å². The van der Waals surface area contributed by atoms with E-state index in [9.17, 15) is 13.2 Å². The standard InChI is InChI=1S/C17H17F3N8/c1-12-21-6-7-28(12)15-3-2-14(24-25-15)26-8-10-27(11-9-26)16-22-5-4-13(23-16)17(18,19)20/h2-7H,8-11H2,1H3. The van der Waals surface area contributed by atoms with Gasteiger partial charge in [0, 0.05) is 44.8 Å². The number of imidazole rings is 1. The molecular weight excluding hydrogens is 373 g/mol. The van der Waals surface area contributed by atoms with Crippen LogP contribution in [0.2, 0.25) is 0 Å². The van der Waals surface area contributed by atoms with Crippen LogP contribution >= 0.6 is 0 Å². The highest BCUT2D eigenvalue weighted by Gasteiger charge is 2.33. The van der Waals surface area contributed by atoms with Crippen molar-refractivity contribution in [2.45, 2.75) is 13.1 Å². The van der Waals surface area contributed by atoms with Gasteiger partial charge in [0.25, 0.3) is 0 Å². The van der Waals surface area contributed by atoms with E-state index in [1.165, 1.54) is 0 Å². The van der Waals surface area contributed by atoms with Gasteiger partial charge in [-0.1, -0.05) is 0 Å². The van der Waals surface area contributed by atoms with Gasteiger partial charge in [-0.25, -0.2) is 15.0 Å². The van der Waals surface area contributed by atoms with Crippen LogP contribution in [0, 0.1) is 6.92 Å². The summed E-state index contributed by atoms with van der Waals surface area (Å²) in [4.78, 5) is 15.6. The van der Waals surface area contributed by atoms with E-state index in [-0.39, 0.29) is 5.95 Å². The summed E-state index contributed by atoms with van der Waals surface area (Å²) in [6.07, 6.45) is 0.164. The van der Waals surface area contributed by atoms with Gasteiger partial charge in [0.15, 0.2) is 11.6 Å². The van der Waals surface area contributed by atoms with Crippen molar-refractivity contribution < 1.29 is 13.2 Å². The summed E-state index contributed by atoms with van der Waals surface area (Å²) in [5.74, 6) is 2.30. The van der Waals surface area contributed by atoms with Crippen LogP contribution in [0.1, 0.15) is 11.5 Å². The number of aromatic nitrogens is 6. The molecule has 28 heavy (non-hydrogen) atoms. The summed E-state index contributed by atoms with van der Waals surface area (Å²) >= 11 is 0. The van der Waals surface area contributed by atoms with Crippen LogP contribution in [0.3, 0.4) is 0 Å². The fourth-order valence-corrected chi connectivity index (χ4v) is 3.03. The number of rotatable bonds is 3. The molecule has 0 atom stereocenters. The molecule has 3 aromatic heterocycles. The average Bonchev–Trinajstić information content (AvgIpc) is 3.14. The lowest BCUT2D eigenvalue weighted by Gasteiger charge is -2.35. The predicted molar refractivity (Wildman–Crippen MR) is 95.4 cm³/mol. The van der Waals surface area contributed by atoms with Gasteiger partial charge in [0.05, 0.1) is 0 Å². The lowest BCUT2D eigenvalue weighted by atomic mass is 10.3. The van der Waals surface area contributed by atoms with Crippen LogP contribution in [0.5, 0.6) is 0 Å². The van der Waals surface area contributed by atoms with Gasteiger partial charge in [0.2, 0.25) is 5.95 Å². The summed E-state index contributed by atoms with van der Waals surface area (Å²) in [5.41, 5.74) is -0.934. The monoisotopic (exact) mass is 390 g/mol. The fraction of sp³-hybridized carbons (Fsp3) is 0.353. The Balaban J connectivity index is 1.42. The lowest BCUT2D eigenvalue weighted by molar-refractivity contribution is -0.141. The molecule has 8 nitrogen and oxygen atoms in total. The Bertz CT molecular complexity index is 946. The molecule has 0 bridgehead atoms. The average molecular weight is 390 g/mol. The third-order valence-corrected chi connectivity index (χ3v) is 4.53. The van der Waals surface area contributed by atoms with E-state index in [1.54, 1.807) is 11.1 Å². The van der Waals surface area contributed by atoms with Crippen LogP contribution < -0.4 is 9.80 Å². The lowest BCUT2D eigenvalue weighted by Crippen LogP contribution is -2.47. The molecular formula is C17H17F3N8. The van der Waals surface area contributed by atoms with Crippen molar-refractivity contribution in [2.75, 3.05) is 36.0 Å². The van der Waals surface area contributed by atoms with E-state index < -0.39 is 11.9 Å². The number of aryl methyl sites for hydroxylation is 1. The highest BCUT2D eigenvalue weighted by Crippen LogP contribution is 2.28. The maximum absolute atomic E-state index is 12.8. The molecule has 0 N–H and O–H groups in total. The van der Waals surface area contributed by atoms with E-state index >= 15 is 0 Å². The molecule has 146 valence electrons. The molecule has 0 unspecified atom stereocenters. The first kappa shape index (κ1) is 18.1. The molecule has 0 spiro atoms. The van der Waals surface area contributed by atoms with Gasteiger partial charge in [-0.2, -0.15) is 13.2 Å². The van der Waals surface area contributed by atoms with E-state index in [0.29, 0.717) is 37.8 Å². The number of anilines is 2. The third kappa shape index (κ3) is 3.59. The van der Waals surface area contributed by atoms with Crippen LogP contribution in [-0.4, -0.2) is 55.9 Å². The van der Waals surface area contributed by atoms with E-state index in [1.807, 2.05) is 34.7 Å². The Kier molecular flexibility index (Phi) is 4.57. The maximum atomic E-state index is 12.8. The quantitative estimate of drug-likeness (QED) is 0.678. The molecule has 3 aromatic rings. The summed E-state index contributed by atoms with van der Waals surface area (Å²) in [5, 5.41) is 8.51. The van der Waals surface area contributed by atoms with Crippen molar-refractivity contribution in [3.05, 3.63) is 48.3 Å². The molecule has 0 saturated carbocycles. The summed E-state index contributed by atoms with van der Waals surface area (Å²) in [6.45, 7) is 4.02. The zero-order valence-corrected chi connectivity index (χ0v) is 15.0. The van der Waals surface area contributed by atoms with Gasteiger partial charge in [0.1, 0.15) is 11.5 Å². The van der Waals surface area contributed by atoms with E-state index in [4.69, 9.17) is 0 Å². The molecule has 4 heterocycles. The normalized spacial score (nSPS) is 15.1. The Labute approximate surface area is 158 Å². The third-order valence-electron chi connectivity index (χ3n) is 4.53. The van der Waals surface area contributed by atoms with Crippen molar-refractivity contribution in [3.63, 3.8) is 0 Å². The van der Waals surface area contributed by atoms with Crippen LogP contribution in [0.25, 0.3) is 5.82 Å². The van der Waals surface area contributed by atoms with Gasteiger partial charge in [-0.3, -0.25) is 4.57 Å². The second-order valence-corrected chi connectivity index (χ2v) is 6.31. The Morgan fingerprint density at radius 1 is 0.857 bits per heavy atom. The molecule has 11 heteroatoms. The highest BCUT2D eigenvalue weighted by molar-refractivity contribution is 5.43. The largest absolute Gasteiger partial charge is 0.433 e. The second-order valence-electron chi connectivity index (χ2n) is 6.31. The van der Waals surface area contributed by atoms with Gasteiger partial charge in [-0.15, -0.1) is 10.2 Å². The number of piperazine rings is 1. The fourth-order valence-electron chi connectivity index (χ4n) is 3.03. The van der Waals surface area contributed by atoms with Crippen molar-refractivity contribution >= 4 is 11.8 Å². The molecule has 1 aliphatic heterocycles. The minimum absolute atomic E-state index is 0.0893. The number of halogens is 3. The number of nitrogens with zero attached hydrogens (tertiary/aromatic N) is 8. The van der Waals surface area contributed by atoms with Crippen molar-refractivity contribution in [1.82, 2.24) is 29.7 Å². The molecule has 0 aromatic carbocycles. The van der Waals surface area contributed by atoms with Crippen molar-refractivity contribution in [1.29, 1.82) is 0 Å². The van der Waals surface area contributed by atoms with Crippen molar-refractivity contribution in [2.24, 2.45) is 0 Å². The molecule has 0 aliphatic carbocycles. The maximum Gasteiger partial charge on any atom is 0.433 e. The molecule has 0 radical (unpaired) electrons. The smallest absolute Gasteiger partial charge is 0.352 e. The zero-order valence-electron chi connectivity index (χ0n) is 15.0. The first-order valence-electron chi connectivity index (χ1n) is 8.66. The molecule has 1 saturated heterocycles. The summed E-state index contributed by atoms with van der Waals surface area (Å²) in [6, 6.07) is 4.61. The Morgan fingerprint density at radius 2 is 1.54 bits per heavy atom. The van der Waals surface area contributed by atoms with E-state index in [2.05, 4.69) is 25.1 Å². The minimum atomic E-state index is -4.48. The topological polar surface area (TPSA) is 75.9 Å². The SMILES string of the molecule is Cc1nccn1-c1ccc(N2CCN(c3nccc(C(F)(F)F)n3)CC2)nn1. The first-order valence-corrected chi connectivity index (χ1v) is 8.66. The molecule has 1 fully saturated rings. The number of hydrogen-bond acceptors (Lipinski definition) is 7. The highest BCUT2D eigenvalue weighted by atomic mass is 19.4. The van der Waals surface area contributed by atoms with Gasteiger partial charge < -0.3 is 9.80 Å². The Hall–Kier alpha value is -3.24. The van der Waals surface area contributed by atoms with Crippen LogP contribution in [-0.2, 0) is 6.18 Å². The van der Waals surface area contributed by atoms with Crippen LogP contribution in [0.15, 0.2) is 36.8 Å². The van der Waals surface area contributed by atoms with Gasteiger partial charge >= 0.3 is 6.18 Å². The first-order chi connectivity index (χ1) is 13.4. The minimum Gasteiger partial charge on any atom is -0.352 e.